The van der Waals surface area contributed by atoms with Gasteiger partial charge in [0.15, 0.2) is 5.76 Å². The van der Waals surface area contributed by atoms with Crippen molar-refractivity contribution in [3.63, 3.8) is 0 Å². The van der Waals surface area contributed by atoms with Crippen LogP contribution in [0.3, 0.4) is 0 Å². The van der Waals surface area contributed by atoms with E-state index in [1.807, 2.05) is 4.90 Å². The van der Waals surface area contributed by atoms with E-state index >= 15 is 0 Å². The first kappa shape index (κ1) is 12.8. The quantitative estimate of drug-likeness (QED) is 0.769. The number of nitrogens with zero attached hydrogens (tertiary/aromatic N) is 1. The molecule has 0 radical (unpaired) electrons. The summed E-state index contributed by atoms with van der Waals surface area (Å²) in [5.41, 5.74) is 5.24. The van der Waals surface area contributed by atoms with E-state index in [2.05, 4.69) is 0 Å². The number of hydrogen-bond acceptors (Lipinski definition) is 4. The van der Waals surface area contributed by atoms with Crippen molar-refractivity contribution in [2.75, 3.05) is 13.1 Å². The molecule has 98 valence electrons. The summed E-state index contributed by atoms with van der Waals surface area (Å²) >= 11 is 0. The van der Waals surface area contributed by atoms with Gasteiger partial charge in [-0.25, -0.2) is 0 Å². The number of carbonyl (C=O) groups excluding carboxylic acids is 2. The van der Waals surface area contributed by atoms with Crippen molar-refractivity contribution in [3.05, 3.63) is 24.2 Å². The van der Waals surface area contributed by atoms with Gasteiger partial charge in [-0.1, -0.05) is 12.8 Å². The second kappa shape index (κ2) is 5.82. The molecule has 18 heavy (non-hydrogen) atoms. The molecule has 2 N–H and O–H groups in total. The monoisotopic (exact) mass is 250 g/mol. The molecule has 0 unspecified atom stereocenters. The summed E-state index contributed by atoms with van der Waals surface area (Å²) in [4.78, 5) is 24.9. The zero-order chi connectivity index (χ0) is 13.0. The molecular weight excluding hydrogens is 232 g/mol. The van der Waals surface area contributed by atoms with Crippen LogP contribution >= 0.6 is 0 Å². The molecule has 0 aliphatic heterocycles. The number of primary amides is 1. The van der Waals surface area contributed by atoms with E-state index < -0.39 is 5.91 Å². The minimum Gasteiger partial charge on any atom is -0.461 e. The van der Waals surface area contributed by atoms with E-state index in [-0.39, 0.29) is 24.9 Å². The molecular formula is C13H18N2O3. The van der Waals surface area contributed by atoms with Gasteiger partial charge in [-0.05, 0) is 25.0 Å². The van der Waals surface area contributed by atoms with Crippen LogP contribution < -0.4 is 5.73 Å². The van der Waals surface area contributed by atoms with Crippen molar-refractivity contribution in [2.45, 2.75) is 31.7 Å². The molecule has 1 fully saturated rings. The van der Waals surface area contributed by atoms with Gasteiger partial charge in [0.25, 0.3) is 0 Å². The van der Waals surface area contributed by atoms with Crippen molar-refractivity contribution in [3.8, 4) is 0 Å². The van der Waals surface area contributed by atoms with Gasteiger partial charge in [0.05, 0.1) is 19.4 Å². The van der Waals surface area contributed by atoms with Crippen LogP contribution in [0.25, 0.3) is 0 Å². The lowest BCUT2D eigenvalue weighted by atomic mass is 10.2. The number of Topliss-reactive ketones (excluding diaryl/α,β-unsaturated/α-hetero) is 1. The fourth-order valence-corrected chi connectivity index (χ4v) is 2.48. The van der Waals surface area contributed by atoms with Gasteiger partial charge in [-0.2, -0.15) is 0 Å². The summed E-state index contributed by atoms with van der Waals surface area (Å²) < 4.78 is 5.07. The lowest BCUT2D eigenvalue weighted by molar-refractivity contribution is -0.119. The van der Waals surface area contributed by atoms with Gasteiger partial charge in [0.1, 0.15) is 0 Å². The predicted octanol–water partition coefficient (Wildman–Crippen LogP) is 1.19. The molecule has 5 nitrogen and oxygen atoms in total. The van der Waals surface area contributed by atoms with Crippen LogP contribution in [-0.4, -0.2) is 35.7 Å². The second-order valence-corrected chi connectivity index (χ2v) is 4.71. The summed E-state index contributed by atoms with van der Waals surface area (Å²) in [6, 6.07) is 3.61. The van der Waals surface area contributed by atoms with E-state index in [0.717, 1.165) is 25.7 Å². The number of carbonyl (C=O) groups is 2. The number of nitrogens with two attached hydrogens (primary N) is 1. The largest absolute Gasteiger partial charge is 0.461 e. The van der Waals surface area contributed by atoms with Crippen molar-refractivity contribution < 1.29 is 14.0 Å². The van der Waals surface area contributed by atoms with E-state index in [4.69, 9.17) is 10.2 Å². The lowest BCUT2D eigenvalue weighted by Gasteiger charge is -2.26. The third-order valence-corrected chi connectivity index (χ3v) is 3.34. The molecule has 1 aromatic heterocycles. The SMILES string of the molecule is NC(=O)CN(CC(=O)c1ccco1)C1CCCC1. The van der Waals surface area contributed by atoms with Crippen molar-refractivity contribution in [1.29, 1.82) is 0 Å². The van der Waals surface area contributed by atoms with Crippen LogP contribution in [0, 0.1) is 0 Å². The minimum absolute atomic E-state index is 0.104. The summed E-state index contributed by atoms with van der Waals surface area (Å²) in [5.74, 6) is -0.162. The van der Waals surface area contributed by atoms with Crippen LogP contribution in [0.2, 0.25) is 0 Å². The van der Waals surface area contributed by atoms with Crippen molar-refractivity contribution in [2.24, 2.45) is 5.73 Å². The van der Waals surface area contributed by atoms with Gasteiger partial charge in [0.2, 0.25) is 11.7 Å². The number of hydrogen-bond donors (Lipinski definition) is 1. The Hall–Kier alpha value is -1.62. The Morgan fingerprint density at radius 1 is 1.33 bits per heavy atom. The summed E-state index contributed by atoms with van der Waals surface area (Å²) in [7, 11) is 0. The van der Waals surface area contributed by atoms with E-state index in [1.165, 1.54) is 6.26 Å². The smallest absolute Gasteiger partial charge is 0.231 e. The van der Waals surface area contributed by atoms with Crippen LogP contribution in [0.4, 0.5) is 0 Å². The van der Waals surface area contributed by atoms with Gasteiger partial charge in [-0.15, -0.1) is 0 Å². The molecule has 1 amide bonds. The Labute approximate surface area is 106 Å². The molecule has 5 heteroatoms. The highest BCUT2D eigenvalue weighted by Gasteiger charge is 2.26. The van der Waals surface area contributed by atoms with E-state index in [1.54, 1.807) is 12.1 Å². The van der Waals surface area contributed by atoms with Crippen LogP contribution in [-0.2, 0) is 4.79 Å². The maximum Gasteiger partial charge on any atom is 0.231 e. The number of amides is 1. The molecule has 0 saturated heterocycles. The van der Waals surface area contributed by atoms with Gasteiger partial charge in [0, 0.05) is 6.04 Å². The van der Waals surface area contributed by atoms with Gasteiger partial charge >= 0.3 is 0 Å². The summed E-state index contributed by atoms with van der Waals surface area (Å²) in [5, 5.41) is 0. The van der Waals surface area contributed by atoms with Crippen LogP contribution in [0.15, 0.2) is 22.8 Å². The third-order valence-electron chi connectivity index (χ3n) is 3.34. The summed E-state index contributed by atoms with van der Waals surface area (Å²) in [6.45, 7) is 0.332. The molecule has 1 aliphatic rings. The molecule has 0 atom stereocenters. The van der Waals surface area contributed by atoms with Gasteiger partial charge in [-0.3, -0.25) is 14.5 Å². The molecule has 1 aromatic rings. The highest BCUT2D eigenvalue weighted by atomic mass is 16.3. The zero-order valence-electron chi connectivity index (χ0n) is 10.3. The predicted molar refractivity (Wildman–Crippen MR) is 66.1 cm³/mol. The standard InChI is InChI=1S/C13H18N2O3/c14-13(17)9-15(10-4-1-2-5-10)8-11(16)12-6-3-7-18-12/h3,6-7,10H,1-2,4-5,8-9H2,(H2,14,17). The highest BCUT2D eigenvalue weighted by molar-refractivity contribution is 5.95. The highest BCUT2D eigenvalue weighted by Crippen LogP contribution is 2.23. The molecule has 0 spiro atoms. The number of ketones is 1. The fourth-order valence-electron chi connectivity index (χ4n) is 2.48. The average Bonchev–Trinajstić information content (AvgIpc) is 3.01. The van der Waals surface area contributed by atoms with Crippen molar-refractivity contribution in [1.82, 2.24) is 4.90 Å². The normalized spacial score (nSPS) is 16.3. The first-order chi connectivity index (χ1) is 8.66. The van der Waals surface area contributed by atoms with Crippen LogP contribution in [0.5, 0.6) is 0 Å². The Bertz CT molecular complexity index is 408. The number of rotatable bonds is 6. The van der Waals surface area contributed by atoms with E-state index in [9.17, 15) is 9.59 Å². The zero-order valence-corrected chi connectivity index (χ0v) is 10.3. The Balaban J connectivity index is 2.00. The minimum atomic E-state index is -0.394. The Morgan fingerprint density at radius 2 is 2.06 bits per heavy atom. The first-order valence-electron chi connectivity index (χ1n) is 6.26. The van der Waals surface area contributed by atoms with Crippen LogP contribution in [0.1, 0.15) is 36.2 Å². The topological polar surface area (TPSA) is 76.5 Å². The maximum atomic E-state index is 12.0. The molecule has 0 aromatic carbocycles. The Morgan fingerprint density at radius 3 is 2.61 bits per heavy atom. The third kappa shape index (κ3) is 3.20. The second-order valence-electron chi connectivity index (χ2n) is 4.71. The molecule has 1 heterocycles. The molecule has 1 saturated carbocycles. The number of furan rings is 1. The average molecular weight is 250 g/mol. The first-order valence-corrected chi connectivity index (χ1v) is 6.26. The molecule has 1 aliphatic carbocycles. The fraction of sp³-hybridized carbons (Fsp3) is 0.538. The van der Waals surface area contributed by atoms with Crippen molar-refractivity contribution >= 4 is 11.7 Å². The molecule has 0 bridgehead atoms. The lowest BCUT2D eigenvalue weighted by Crippen LogP contribution is -2.42. The van der Waals surface area contributed by atoms with Gasteiger partial charge < -0.3 is 10.2 Å². The van der Waals surface area contributed by atoms with E-state index in [0.29, 0.717) is 5.76 Å². The Kier molecular flexibility index (Phi) is 4.15. The maximum absolute atomic E-state index is 12.0. The molecule has 2 rings (SSSR count). The summed E-state index contributed by atoms with van der Waals surface area (Å²) in [6.07, 6.45) is 5.82.